The van der Waals surface area contributed by atoms with Gasteiger partial charge in [-0.15, -0.1) is 0 Å². The molecule has 1 heterocycles. The second kappa shape index (κ2) is 17.7. The van der Waals surface area contributed by atoms with Crippen LogP contribution in [0.4, 0.5) is 0 Å². The molecule has 9 atom stereocenters. The molecule has 0 aromatic heterocycles. The van der Waals surface area contributed by atoms with Crippen LogP contribution in [0.3, 0.4) is 0 Å². The van der Waals surface area contributed by atoms with Gasteiger partial charge in [-0.25, -0.2) is 14.4 Å². The number of rotatable bonds is 8. The van der Waals surface area contributed by atoms with Crippen molar-refractivity contribution >= 4 is 35.6 Å². The van der Waals surface area contributed by atoms with Crippen LogP contribution in [-0.2, 0) is 43.0 Å². The van der Waals surface area contributed by atoms with Crippen molar-refractivity contribution in [3.8, 4) is 0 Å². The number of ether oxygens (including phenoxy) is 3. The van der Waals surface area contributed by atoms with Crippen LogP contribution in [0.15, 0.2) is 0 Å². The number of carbonyl (C=O) groups excluding carboxylic acids is 6. The van der Waals surface area contributed by atoms with Crippen LogP contribution in [0.2, 0.25) is 0 Å². The summed E-state index contributed by atoms with van der Waals surface area (Å²) >= 11 is 0. The summed E-state index contributed by atoms with van der Waals surface area (Å²) < 4.78 is 17.4. The lowest BCUT2D eigenvalue weighted by Gasteiger charge is -2.38. The maximum absolute atomic E-state index is 14.0. The Morgan fingerprint density at radius 3 is 1.02 bits per heavy atom. The van der Waals surface area contributed by atoms with Gasteiger partial charge in [-0.3, -0.25) is 14.4 Å². The molecule has 0 aromatic rings. The molecule has 264 valence electrons. The number of cyclic esters (lactones) is 3. The Labute approximate surface area is 275 Å². The van der Waals surface area contributed by atoms with Crippen LogP contribution in [0.25, 0.3) is 0 Å². The summed E-state index contributed by atoms with van der Waals surface area (Å²) in [5.41, 5.74) is 0. The number of amides is 3. The fraction of sp³-hybridized carbons (Fsp3) is 0.824. The highest BCUT2D eigenvalue weighted by molar-refractivity contribution is 5.94. The van der Waals surface area contributed by atoms with Gasteiger partial charge >= 0.3 is 17.9 Å². The van der Waals surface area contributed by atoms with Gasteiger partial charge in [-0.1, -0.05) is 88.5 Å². The molecule has 0 radical (unpaired) electrons. The molecule has 0 spiro atoms. The van der Waals surface area contributed by atoms with Crippen LogP contribution in [-0.4, -0.2) is 108 Å². The lowest BCUT2D eigenvalue weighted by atomic mass is 9.95. The Hall–Kier alpha value is -3.18. The molecule has 1 fully saturated rings. The van der Waals surface area contributed by atoms with Gasteiger partial charge in [0, 0.05) is 21.1 Å². The molecule has 1 aliphatic heterocycles. The minimum atomic E-state index is -1.30. The van der Waals surface area contributed by atoms with Crippen molar-refractivity contribution in [3.63, 3.8) is 0 Å². The van der Waals surface area contributed by atoms with Gasteiger partial charge in [-0.05, 0) is 36.5 Å². The molecular weight excluding hydrogens is 594 g/mol. The van der Waals surface area contributed by atoms with E-state index in [9.17, 15) is 28.8 Å². The monoisotopic (exact) mass is 653 g/mol. The highest BCUT2D eigenvalue weighted by atomic mass is 16.6. The molecule has 0 N–H and O–H groups in total. The molecule has 0 saturated carbocycles. The second-order valence-corrected chi connectivity index (χ2v) is 13.6. The summed E-state index contributed by atoms with van der Waals surface area (Å²) in [4.78, 5) is 86.5. The van der Waals surface area contributed by atoms with Crippen molar-refractivity contribution in [2.45, 2.75) is 132 Å². The van der Waals surface area contributed by atoms with Gasteiger partial charge in [0.05, 0.1) is 0 Å². The van der Waals surface area contributed by atoms with E-state index in [1.54, 1.807) is 48.5 Å². The van der Waals surface area contributed by atoms with Gasteiger partial charge in [0.25, 0.3) is 17.7 Å². The molecule has 1 rings (SSSR count). The number of hydrogen-bond donors (Lipinski definition) is 0. The van der Waals surface area contributed by atoms with Crippen LogP contribution in [0.1, 0.15) is 95.4 Å². The Morgan fingerprint density at radius 2 is 0.761 bits per heavy atom. The first kappa shape index (κ1) is 40.8. The summed E-state index contributed by atoms with van der Waals surface area (Å²) in [6, 6.07) is -3.27. The first-order valence-electron chi connectivity index (χ1n) is 16.7. The van der Waals surface area contributed by atoms with Crippen molar-refractivity contribution in [2.24, 2.45) is 29.6 Å². The zero-order valence-corrected chi connectivity index (χ0v) is 30.5. The molecule has 12 nitrogen and oxygen atoms in total. The molecular formula is C34H59N3O9. The van der Waals surface area contributed by atoms with Crippen molar-refractivity contribution in [1.82, 2.24) is 14.7 Å². The highest BCUT2D eigenvalue weighted by Crippen LogP contribution is 2.26. The molecule has 3 amide bonds. The molecule has 1 saturated heterocycles. The van der Waals surface area contributed by atoms with E-state index in [2.05, 4.69) is 0 Å². The Morgan fingerprint density at radius 1 is 0.500 bits per heavy atom. The Balaban J connectivity index is 3.93. The number of nitrogens with zero attached hydrogens (tertiary/aromatic N) is 3. The summed E-state index contributed by atoms with van der Waals surface area (Å²) in [6.07, 6.45) is -2.32. The van der Waals surface area contributed by atoms with E-state index in [-0.39, 0.29) is 17.8 Å². The molecule has 0 bridgehead atoms. The van der Waals surface area contributed by atoms with E-state index < -0.39 is 83.9 Å². The molecule has 0 aromatic carbocycles. The van der Waals surface area contributed by atoms with E-state index in [4.69, 9.17) is 14.2 Å². The third kappa shape index (κ3) is 9.44. The van der Waals surface area contributed by atoms with Crippen LogP contribution < -0.4 is 0 Å². The summed E-state index contributed by atoms with van der Waals surface area (Å²) in [6.45, 7) is 19.3. The van der Waals surface area contributed by atoms with Crippen LogP contribution in [0, 0.1) is 29.6 Å². The average molecular weight is 654 g/mol. The van der Waals surface area contributed by atoms with Gasteiger partial charge in [0.1, 0.15) is 18.1 Å². The topological polar surface area (TPSA) is 140 Å². The van der Waals surface area contributed by atoms with Gasteiger partial charge in [0.15, 0.2) is 18.3 Å². The summed E-state index contributed by atoms with van der Waals surface area (Å²) in [7, 11) is 4.34. The zero-order chi connectivity index (χ0) is 35.8. The van der Waals surface area contributed by atoms with Crippen molar-refractivity contribution in [2.75, 3.05) is 21.1 Å². The molecule has 1 aliphatic rings. The lowest BCUT2D eigenvalue weighted by Crippen LogP contribution is -2.57. The second-order valence-electron chi connectivity index (χ2n) is 13.6. The largest absolute Gasteiger partial charge is 0.451 e. The van der Waals surface area contributed by atoms with E-state index in [1.807, 2.05) is 20.8 Å². The van der Waals surface area contributed by atoms with Crippen LogP contribution in [0.5, 0.6) is 0 Å². The predicted molar refractivity (Wildman–Crippen MR) is 173 cm³/mol. The van der Waals surface area contributed by atoms with Crippen molar-refractivity contribution in [3.05, 3.63) is 0 Å². The molecule has 46 heavy (non-hydrogen) atoms. The van der Waals surface area contributed by atoms with Gasteiger partial charge < -0.3 is 28.9 Å². The Bertz CT molecular complexity index is 1080. The third-order valence-electron chi connectivity index (χ3n) is 9.39. The summed E-state index contributed by atoms with van der Waals surface area (Å²) in [5, 5.41) is 0. The zero-order valence-electron chi connectivity index (χ0n) is 30.5. The van der Waals surface area contributed by atoms with E-state index >= 15 is 0 Å². The fourth-order valence-corrected chi connectivity index (χ4v) is 5.71. The highest BCUT2D eigenvalue weighted by Gasteiger charge is 2.45. The maximum atomic E-state index is 14.0. The lowest BCUT2D eigenvalue weighted by molar-refractivity contribution is -0.180. The molecule has 0 aliphatic carbocycles. The Kier molecular flexibility index (Phi) is 15.7. The van der Waals surface area contributed by atoms with Gasteiger partial charge in [0.2, 0.25) is 0 Å². The number of esters is 3. The van der Waals surface area contributed by atoms with Gasteiger partial charge in [-0.2, -0.15) is 0 Å². The predicted octanol–water partition coefficient (Wildman–Crippen LogP) is 3.69. The maximum Gasteiger partial charge on any atom is 0.329 e. The average Bonchev–Trinajstić information content (AvgIpc) is 2.99. The molecule has 12 heteroatoms. The standard InChI is InChI=1S/C34H59N3O9/c1-15-20(8)24-32(41)44-23(11)29(38)35(12)25(21(9)16-2)33(42)45-28(19(6)7)31(40)37(14)26(22(10)17-3)34(43)46-27(18(4)5)30(39)36(24)13/h18-28H,15-17H2,1-14H3/t20-,21-,22-,23+,24-,25-,26-,27+,28+/m0/s1. The first-order chi connectivity index (χ1) is 21.3. The number of carbonyl (C=O) groups is 6. The third-order valence-corrected chi connectivity index (χ3v) is 9.39. The first-order valence-corrected chi connectivity index (χ1v) is 16.7. The van der Waals surface area contributed by atoms with E-state index in [0.29, 0.717) is 19.3 Å². The van der Waals surface area contributed by atoms with Crippen LogP contribution >= 0.6 is 0 Å². The van der Waals surface area contributed by atoms with E-state index in [1.165, 1.54) is 42.8 Å². The minimum Gasteiger partial charge on any atom is -0.451 e. The summed E-state index contributed by atoms with van der Waals surface area (Å²) in [5.74, 6) is -6.28. The molecule has 0 unspecified atom stereocenters. The quantitative estimate of drug-likeness (QED) is 0.283. The van der Waals surface area contributed by atoms with E-state index in [0.717, 1.165) is 0 Å². The number of likely N-dealkylation sites (N-methyl/N-ethyl adjacent to an activating group) is 3. The normalized spacial score (nSPS) is 28.8. The smallest absolute Gasteiger partial charge is 0.329 e. The minimum absolute atomic E-state index is 0.372. The number of hydrogen-bond acceptors (Lipinski definition) is 9. The SMILES string of the molecule is CC[C@H](C)[C@H]1C(=O)O[C@H](C(C)C)C(=O)N(C)[C@@H]([C@@H](C)CC)C(=O)O[C@H](C(C)C)C(=O)N(C)[C@@H]([C@@H](C)CC)C(=O)O[C@H](C)C(=O)N1C. The van der Waals surface area contributed by atoms with Crippen molar-refractivity contribution < 1.29 is 43.0 Å². The fourth-order valence-electron chi connectivity index (χ4n) is 5.71. The van der Waals surface area contributed by atoms with Crippen molar-refractivity contribution in [1.29, 1.82) is 0 Å².